The van der Waals surface area contributed by atoms with Gasteiger partial charge in [0.1, 0.15) is 0 Å². The van der Waals surface area contributed by atoms with Gasteiger partial charge in [0.15, 0.2) is 11.0 Å². The molecule has 0 radical (unpaired) electrons. The number of allylic oxidation sites excluding steroid dienone is 1. The first-order valence-corrected chi connectivity index (χ1v) is 11.8. The van der Waals surface area contributed by atoms with Gasteiger partial charge in [-0.15, -0.1) is 16.8 Å². The maximum Gasteiger partial charge on any atom is 0.271 e. The highest BCUT2D eigenvalue weighted by molar-refractivity contribution is 7.99. The second-order valence-electron chi connectivity index (χ2n) is 7.90. The molecule has 0 saturated heterocycles. The normalized spacial score (nSPS) is 11.5. The Bertz CT molecular complexity index is 1270. The van der Waals surface area contributed by atoms with E-state index in [1.165, 1.54) is 23.9 Å². The van der Waals surface area contributed by atoms with Crippen LogP contribution in [0, 0.1) is 24.0 Å². The number of hydrogen-bond donors (Lipinski definition) is 2. The molecule has 0 aliphatic rings. The van der Waals surface area contributed by atoms with E-state index < -0.39 is 11.0 Å². The minimum Gasteiger partial charge on any atom is -0.342 e. The second-order valence-corrected chi connectivity index (χ2v) is 8.84. The molecule has 1 atom stereocenters. The number of aromatic nitrogens is 3. The molecular formula is C24H26N6O4S. The van der Waals surface area contributed by atoms with Crippen LogP contribution < -0.4 is 10.6 Å². The lowest BCUT2D eigenvalue weighted by Crippen LogP contribution is -2.29. The van der Waals surface area contributed by atoms with Crippen LogP contribution in [0.25, 0.3) is 0 Å². The van der Waals surface area contributed by atoms with Crippen molar-refractivity contribution in [3.05, 3.63) is 87.7 Å². The number of amides is 2. The number of nitrogens with one attached hydrogen (secondary N) is 2. The predicted molar refractivity (Wildman–Crippen MR) is 134 cm³/mol. The average Bonchev–Trinajstić information content (AvgIpc) is 3.22. The van der Waals surface area contributed by atoms with E-state index in [-0.39, 0.29) is 23.3 Å². The number of anilines is 1. The summed E-state index contributed by atoms with van der Waals surface area (Å²) in [6.45, 7) is 9.64. The Morgan fingerprint density at radius 2 is 2.00 bits per heavy atom. The summed E-state index contributed by atoms with van der Waals surface area (Å²) >= 11 is 1.17. The summed E-state index contributed by atoms with van der Waals surface area (Å²) in [5.74, 6) is -0.0192. The molecule has 0 saturated carbocycles. The Balaban J connectivity index is 1.68. The number of hydrogen-bond acceptors (Lipinski definition) is 7. The fourth-order valence-corrected chi connectivity index (χ4v) is 4.09. The van der Waals surface area contributed by atoms with Gasteiger partial charge in [0.2, 0.25) is 5.91 Å². The maximum absolute atomic E-state index is 12.6. The first kappa shape index (κ1) is 25.6. The number of rotatable bonds is 10. The Morgan fingerprint density at radius 1 is 1.23 bits per heavy atom. The van der Waals surface area contributed by atoms with Crippen molar-refractivity contribution in [3.63, 3.8) is 0 Å². The van der Waals surface area contributed by atoms with Crippen molar-refractivity contribution < 1.29 is 14.5 Å². The van der Waals surface area contributed by atoms with Gasteiger partial charge in [0.25, 0.3) is 11.6 Å². The number of aryl methyl sites for hydroxylation is 2. The molecule has 2 amide bonds. The Morgan fingerprint density at radius 3 is 2.69 bits per heavy atom. The molecule has 1 aromatic heterocycles. The van der Waals surface area contributed by atoms with Crippen LogP contribution in [-0.4, -0.2) is 37.3 Å². The summed E-state index contributed by atoms with van der Waals surface area (Å²) in [6, 6.07) is 11.1. The van der Waals surface area contributed by atoms with Gasteiger partial charge >= 0.3 is 0 Å². The molecule has 0 spiro atoms. The minimum atomic E-state index is -0.512. The van der Waals surface area contributed by atoms with Crippen LogP contribution in [0.2, 0.25) is 0 Å². The fraction of sp³-hybridized carbons (Fsp3) is 0.250. The number of nitro groups is 1. The van der Waals surface area contributed by atoms with Crippen LogP contribution >= 0.6 is 11.8 Å². The Hall–Kier alpha value is -3.99. The number of carbonyl (C=O) groups is 2. The fourth-order valence-electron chi connectivity index (χ4n) is 3.33. The molecule has 11 heteroatoms. The maximum atomic E-state index is 12.6. The van der Waals surface area contributed by atoms with E-state index in [0.29, 0.717) is 34.3 Å². The van der Waals surface area contributed by atoms with Crippen LogP contribution in [0.15, 0.2) is 60.3 Å². The van der Waals surface area contributed by atoms with Gasteiger partial charge in [0, 0.05) is 24.2 Å². The predicted octanol–water partition coefficient (Wildman–Crippen LogP) is 4.21. The third kappa shape index (κ3) is 6.54. The molecular weight excluding hydrogens is 468 g/mol. The highest BCUT2D eigenvalue weighted by Crippen LogP contribution is 2.24. The molecule has 0 unspecified atom stereocenters. The number of carbonyl (C=O) groups excluding carboxylic acids is 2. The first-order valence-electron chi connectivity index (χ1n) is 10.8. The summed E-state index contributed by atoms with van der Waals surface area (Å²) in [5, 5.41) is 25.6. The molecule has 182 valence electrons. The van der Waals surface area contributed by atoms with Crippen molar-refractivity contribution in [1.29, 1.82) is 0 Å². The molecule has 2 aromatic carbocycles. The monoisotopic (exact) mass is 494 g/mol. The van der Waals surface area contributed by atoms with Crippen LogP contribution in [0.4, 0.5) is 11.4 Å². The largest absolute Gasteiger partial charge is 0.342 e. The zero-order valence-corrected chi connectivity index (χ0v) is 20.5. The third-order valence-electron chi connectivity index (χ3n) is 5.11. The van der Waals surface area contributed by atoms with E-state index in [2.05, 4.69) is 27.4 Å². The topological polar surface area (TPSA) is 132 Å². The molecule has 3 aromatic rings. The summed E-state index contributed by atoms with van der Waals surface area (Å²) in [6.07, 6.45) is 1.68. The van der Waals surface area contributed by atoms with E-state index in [1.807, 2.05) is 26.0 Å². The molecule has 35 heavy (non-hydrogen) atoms. The van der Waals surface area contributed by atoms with Gasteiger partial charge in [-0.2, -0.15) is 0 Å². The van der Waals surface area contributed by atoms with Crippen molar-refractivity contribution in [2.75, 3.05) is 11.1 Å². The van der Waals surface area contributed by atoms with Gasteiger partial charge in [-0.25, -0.2) is 0 Å². The lowest BCUT2D eigenvalue weighted by Gasteiger charge is -2.15. The van der Waals surface area contributed by atoms with Crippen LogP contribution in [0.5, 0.6) is 0 Å². The summed E-state index contributed by atoms with van der Waals surface area (Å²) in [4.78, 5) is 35.7. The number of benzene rings is 2. The highest BCUT2D eigenvalue weighted by Gasteiger charge is 2.21. The van der Waals surface area contributed by atoms with E-state index in [0.717, 1.165) is 5.56 Å². The Kier molecular flexibility index (Phi) is 8.37. The first-order chi connectivity index (χ1) is 16.7. The lowest BCUT2D eigenvalue weighted by molar-refractivity contribution is -0.384. The zero-order chi connectivity index (χ0) is 25.5. The molecule has 0 aliphatic heterocycles. The molecule has 3 rings (SSSR count). The molecule has 0 bridgehead atoms. The standard InChI is InChI=1S/C24H26N6O4S/c1-5-11-29-22(17(4)25-23(32)18-8-6-7-15(2)12-18)27-28-24(29)35-14-21(31)26-20-13-19(30(33)34)10-9-16(20)3/h5-10,12-13,17H,1,11,14H2,2-4H3,(H,25,32)(H,26,31)/t17-/m1/s1. The molecule has 1 heterocycles. The van der Waals surface area contributed by atoms with Gasteiger partial charge < -0.3 is 15.2 Å². The summed E-state index contributed by atoms with van der Waals surface area (Å²) < 4.78 is 1.78. The summed E-state index contributed by atoms with van der Waals surface area (Å²) in [5.41, 5.74) is 2.53. The van der Waals surface area contributed by atoms with Crippen molar-refractivity contribution in [3.8, 4) is 0 Å². The number of thioether (sulfide) groups is 1. The van der Waals surface area contributed by atoms with E-state index in [9.17, 15) is 19.7 Å². The van der Waals surface area contributed by atoms with E-state index in [4.69, 9.17) is 0 Å². The van der Waals surface area contributed by atoms with Gasteiger partial charge in [-0.1, -0.05) is 41.6 Å². The Labute approximate surface area is 207 Å². The number of non-ortho nitro benzene ring substituents is 1. The van der Waals surface area contributed by atoms with Crippen LogP contribution in [-0.2, 0) is 11.3 Å². The van der Waals surface area contributed by atoms with Crippen LogP contribution in [0.1, 0.15) is 40.3 Å². The highest BCUT2D eigenvalue weighted by atomic mass is 32.2. The average molecular weight is 495 g/mol. The SMILES string of the molecule is C=CCn1c(SCC(=O)Nc2cc([N+](=O)[O-])ccc2C)nnc1[C@@H](C)NC(=O)c1cccc(C)c1. The molecule has 0 aliphatic carbocycles. The van der Waals surface area contributed by atoms with E-state index >= 15 is 0 Å². The zero-order valence-electron chi connectivity index (χ0n) is 19.6. The molecule has 0 fully saturated rings. The van der Waals surface area contributed by atoms with Gasteiger partial charge in [-0.3, -0.25) is 19.7 Å². The molecule has 2 N–H and O–H groups in total. The minimum absolute atomic E-state index is 0.0153. The van der Waals surface area contributed by atoms with Crippen LogP contribution in [0.3, 0.4) is 0 Å². The number of nitro benzene ring substituents is 1. The quantitative estimate of drug-likeness (QED) is 0.187. The van der Waals surface area contributed by atoms with E-state index in [1.54, 1.807) is 35.8 Å². The molecule has 10 nitrogen and oxygen atoms in total. The van der Waals surface area contributed by atoms with Gasteiger partial charge in [-0.05, 0) is 38.5 Å². The van der Waals surface area contributed by atoms with Crippen molar-refractivity contribution >= 4 is 35.0 Å². The van der Waals surface area contributed by atoms with Gasteiger partial charge in [0.05, 0.1) is 22.4 Å². The van der Waals surface area contributed by atoms with Crippen molar-refractivity contribution in [2.24, 2.45) is 0 Å². The smallest absolute Gasteiger partial charge is 0.271 e. The number of nitrogens with zero attached hydrogens (tertiary/aromatic N) is 4. The lowest BCUT2D eigenvalue weighted by atomic mass is 10.1. The second kappa shape index (κ2) is 11.4. The van der Waals surface area contributed by atoms with Crippen molar-refractivity contribution in [2.45, 2.75) is 38.5 Å². The third-order valence-corrected chi connectivity index (χ3v) is 6.08. The summed E-state index contributed by atoms with van der Waals surface area (Å²) in [7, 11) is 0. The van der Waals surface area contributed by atoms with Crippen molar-refractivity contribution in [1.82, 2.24) is 20.1 Å².